The van der Waals surface area contributed by atoms with Gasteiger partial charge in [0.1, 0.15) is 23.8 Å². The molecule has 0 aliphatic carbocycles. The van der Waals surface area contributed by atoms with Crippen LogP contribution in [0.2, 0.25) is 0 Å². The van der Waals surface area contributed by atoms with E-state index < -0.39 is 0 Å². The van der Waals surface area contributed by atoms with Gasteiger partial charge in [-0.05, 0) is 43.9 Å². The van der Waals surface area contributed by atoms with Gasteiger partial charge in [0.25, 0.3) is 0 Å². The highest BCUT2D eigenvalue weighted by Crippen LogP contribution is 2.25. The molecule has 9 heteroatoms. The summed E-state index contributed by atoms with van der Waals surface area (Å²) in [6.07, 6.45) is 2.13. The molecular formula is C20H23N7O2. The number of aryl methyl sites for hydroxylation is 1. The molecule has 0 spiro atoms. The van der Waals surface area contributed by atoms with E-state index >= 15 is 0 Å². The quantitative estimate of drug-likeness (QED) is 0.743. The lowest BCUT2D eigenvalue weighted by Gasteiger charge is -2.24. The maximum absolute atomic E-state index is 12.2. The number of hydroxylamine groups is 2. The second kappa shape index (κ2) is 7.93. The molecule has 3 N–H and O–H groups in total. The number of hydrazone groups is 1. The molecule has 4 rings (SSSR count). The van der Waals surface area contributed by atoms with Crippen LogP contribution in [-0.2, 0) is 4.84 Å². The number of aliphatic imine (C=N–C) groups is 2. The molecule has 2 unspecified atom stereocenters. The van der Waals surface area contributed by atoms with Crippen LogP contribution in [0.3, 0.4) is 0 Å². The number of carbonyl (C=O) groups is 1. The number of benzene rings is 1. The molecule has 0 bridgehead atoms. The van der Waals surface area contributed by atoms with Crippen molar-refractivity contribution in [3.8, 4) is 11.8 Å². The second-order valence-electron chi connectivity index (χ2n) is 6.95. The Bertz CT molecular complexity index is 967. The summed E-state index contributed by atoms with van der Waals surface area (Å²) in [5.41, 5.74) is 9.19. The molecule has 2 atom stereocenters. The highest BCUT2D eigenvalue weighted by molar-refractivity contribution is 6.17. The molecule has 2 amide bonds. The monoisotopic (exact) mass is 393 g/mol. The number of hydrogen-bond donors (Lipinski definition) is 2. The fraction of sp³-hybridized carbons (Fsp3) is 0.400. The zero-order valence-electron chi connectivity index (χ0n) is 16.4. The van der Waals surface area contributed by atoms with Gasteiger partial charge in [0.2, 0.25) is 0 Å². The SMILES string of the molecule is CCN1N=C(C#Cc2cc(NC(=O)N3CCCO3)ccc2C)C2C(N)=NC=NC21. The minimum Gasteiger partial charge on any atom is -0.386 e. The molecule has 29 heavy (non-hydrogen) atoms. The first-order chi connectivity index (χ1) is 14.1. The van der Waals surface area contributed by atoms with E-state index in [1.807, 2.05) is 37.1 Å². The van der Waals surface area contributed by atoms with Crippen molar-refractivity contribution in [1.82, 2.24) is 10.1 Å². The highest BCUT2D eigenvalue weighted by Gasteiger charge is 2.39. The van der Waals surface area contributed by atoms with E-state index in [2.05, 4.69) is 32.2 Å². The lowest BCUT2D eigenvalue weighted by atomic mass is 9.98. The van der Waals surface area contributed by atoms with Crippen LogP contribution >= 0.6 is 0 Å². The Morgan fingerprint density at radius 3 is 3.03 bits per heavy atom. The molecule has 1 fully saturated rings. The molecule has 3 aliphatic heterocycles. The summed E-state index contributed by atoms with van der Waals surface area (Å²) in [6.45, 7) is 5.84. The fourth-order valence-corrected chi connectivity index (χ4v) is 3.40. The number of fused-ring (bicyclic) bond motifs is 1. The third-order valence-electron chi connectivity index (χ3n) is 5.00. The van der Waals surface area contributed by atoms with Crippen LogP contribution < -0.4 is 11.1 Å². The van der Waals surface area contributed by atoms with Gasteiger partial charge in [0, 0.05) is 17.8 Å². The topological polar surface area (TPSA) is 108 Å². The molecular weight excluding hydrogens is 370 g/mol. The largest absolute Gasteiger partial charge is 0.386 e. The molecule has 3 heterocycles. The average Bonchev–Trinajstić information content (AvgIpc) is 3.37. The van der Waals surface area contributed by atoms with E-state index in [4.69, 9.17) is 10.6 Å². The standard InChI is InChI=1S/C20H23N7O2/c1-3-26-19-17(18(21)22-12-23-19)16(25-26)8-6-14-11-15(7-5-13(14)2)24-20(28)27-9-4-10-29-27/h5,7,11-12,17,19H,3-4,9-10H2,1-2H3,(H,24,28)(H2,21,22,23). The first-order valence-electron chi connectivity index (χ1n) is 9.61. The van der Waals surface area contributed by atoms with E-state index in [0.717, 1.165) is 17.5 Å². The molecule has 0 radical (unpaired) electrons. The summed E-state index contributed by atoms with van der Waals surface area (Å²) in [5.74, 6) is 6.55. The molecule has 9 nitrogen and oxygen atoms in total. The lowest BCUT2D eigenvalue weighted by molar-refractivity contribution is -0.0614. The zero-order valence-corrected chi connectivity index (χ0v) is 16.4. The van der Waals surface area contributed by atoms with E-state index in [9.17, 15) is 4.79 Å². The lowest BCUT2D eigenvalue weighted by Crippen LogP contribution is -2.42. The van der Waals surface area contributed by atoms with Gasteiger partial charge in [-0.3, -0.25) is 9.85 Å². The van der Waals surface area contributed by atoms with Crippen molar-refractivity contribution in [1.29, 1.82) is 0 Å². The number of nitrogens with one attached hydrogen (secondary N) is 1. The summed E-state index contributed by atoms with van der Waals surface area (Å²) >= 11 is 0. The van der Waals surface area contributed by atoms with Crippen molar-refractivity contribution in [2.24, 2.45) is 26.7 Å². The molecule has 0 aromatic heterocycles. The second-order valence-corrected chi connectivity index (χ2v) is 6.95. The smallest absolute Gasteiger partial charge is 0.345 e. The van der Waals surface area contributed by atoms with Crippen LogP contribution in [0, 0.1) is 24.7 Å². The summed E-state index contributed by atoms with van der Waals surface area (Å²) in [6, 6.07) is 5.33. The first kappa shape index (κ1) is 19.0. The summed E-state index contributed by atoms with van der Waals surface area (Å²) in [7, 11) is 0. The van der Waals surface area contributed by atoms with Gasteiger partial charge < -0.3 is 11.1 Å². The van der Waals surface area contributed by atoms with Gasteiger partial charge in [-0.1, -0.05) is 12.0 Å². The Labute approximate surface area is 169 Å². The molecule has 150 valence electrons. The number of anilines is 1. The van der Waals surface area contributed by atoms with E-state index in [1.54, 1.807) is 0 Å². The van der Waals surface area contributed by atoms with E-state index in [0.29, 0.717) is 36.9 Å². The Morgan fingerprint density at radius 2 is 2.28 bits per heavy atom. The Kier molecular flexibility index (Phi) is 5.18. The normalized spacial score (nSPS) is 22.6. The van der Waals surface area contributed by atoms with Crippen LogP contribution in [0.1, 0.15) is 24.5 Å². The molecule has 1 saturated heterocycles. The number of urea groups is 1. The number of carbonyl (C=O) groups excluding carboxylic acids is 1. The minimum absolute atomic E-state index is 0.186. The van der Waals surface area contributed by atoms with Crippen molar-refractivity contribution >= 4 is 29.6 Å². The number of hydrogen-bond acceptors (Lipinski definition) is 7. The molecule has 1 aromatic carbocycles. The molecule has 0 saturated carbocycles. The Balaban J connectivity index is 1.55. The fourth-order valence-electron chi connectivity index (χ4n) is 3.40. The Hall–Kier alpha value is -3.38. The van der Waals surface area contributed by atoms with Crippen LogP contribution in [0.5, 0.6) is 0 Å². The van der Waals surface area contributed by atoms with Crippen molar-refractivity contribution in [2.45, 2.75) is 26.4 Å². The van der Waals surface area contributed by atoms with Crippen LogP contribution in [-0.4, -0.2) is 59.9 Å². The van der Waals surface area contributed by atoms with Crippen LogP contribution in [0.25, 0.3) is 0 Å². The molecule has 3 aliphatic rings. The zero-order chi connectivity index (χ0) is 20.4. The maximum atomic E-state index is 12.2. The van der Waals surface area contributed by atoms with Crippen LogP contribution in [0.4, 0.5) is 10.5 Å². The van der Waals surface area contributed by atoms with Crippen molar-refractivity contribution in [3.63, 3.8) is 0 Å². The van der Waals surface area contributed by atoms with Gasteiger partial charge in [-0.15, -0.1) is 0 Å². The third-order valence-corrected chi connectivity index (χ3v) is 5.00. The number of amidine groups is 1. The summed E-state index contributed by atoms with van der Waals surface area (Å²) < 4.78 is 0. The molecule has 1 aromatic rings. The minimum atomic E-state index is -0.282. The van der Waals surface area contributed by atoms with E-state index in [1.165, 1.54) is 11.4 Å². The van der Waals surface area contributed by atoms with Gasteiger partial charge in [0.15, 0.2) is 6.17 Å². The number of rotatable bonds is 2. The number of amides is 2. The number of nitrogens with zero attached hydrogens (tertiary/aromatic N) is 5. The predicted octanol–water partition coefficient (Wildman–Crippen LogP) is 1.55. The van der Waals surface area contributed by atoms with Gasteiger partial charge in [0.05, 0.1) is 13.2 Å². The number of nitrogens with two attached hydrogens (primary N) is 1. The maximum Gasteiger partial charge on any atom is 0.345 e. The van der Waals surface area contributed by atoms with Gasteiger partial charge in [-0.2, -0.15) is 5.10 Å². The first-order valence-corrected chi connectivity index (χ1v) is 9.61. The van der Waals surface area contributed by atoms with Crippen molar-refractivity contribution in [3.05, 3.63) is 29.3 Å². The average molecular weight is 393 g/mol. The predicted molar refractivity (Wildman–Crippen MR) is 112 cm³/mol. The summed E-state index contributed by atoms with van der Waals surface area (Å²) in [5, 5.41) is 10.6. The third kappa shape index (κ3) is 3.79. The van der Waals surface area contributed by atoms with E-state index in [-0.39, 0.29) is 18.1 Å². The highest BCUT2D eigenvalue weighted by atomic mass is 16.7. The van der Waals surface area contributed by atoms with Crippen molar-refractivity contribution in [2.75, 3.05) is 25.0 Å². The van der Waals surface area contributed by atoms with Gasteiger partial charge >= 0.3 is 6.03 Å². The van der Waals surface area contributed by atoms with Gasteiger partial charge in [-0.25, -0.2) is 19.8 Å². The Morgan fingerprint density at radius 1 is 1.41 bits per heavy atom. The van der Waals surface area contributed by atoms with Crippen LogP contribution in [0.15, 0.2) is 33.3 Å². The summed E-state index contributed by atoms with van der Waals surface area (Å²) in [4.78, 5) is 26.0. The van der Waals surface area contributed by atoms with Crippen molar-refractivity contribution < 1.29 is 9.63 Å².